The van der Waals surface area contributed by atoms with Crippen molar-refractivity contribution >= 4 is 28.5 Å². The Labute approximate surface area is 114 Å². The predicted molar refractivity (Wildman–Crippen MR) is 74.9 cm³/mol. The molecule has 0 amide bonds. The molecule has 0 radical (unpaired) electrons. The second kappa shape index (κ2) is 5.01. The summed E-state index contributed by atoms with van der Waals surface area (Å²) in [7, 11) is 0. The smallest absolute Gasteiger partial charge is 0.296 e. The molecule has 0 bridgehead atoms. The van der Waals surface area contributed by atoms with Gasteiger partial charge in [0.15, 0.2) is 5.58 Å². The van der Waals surface area contributed by atoms with Crippen LogP contribution in [0, 0.1) is 5.82 Å². The molecule has 0 aliphatic heterocycles. The lowest BCUT2D eigenvalue weighted by atomic mass is 10.2. The minimum atomic E-state index is -0.308. The van der Waals surface area contributed by atoms with Gasteiger partial charge in [0.05, 0.1) is 6.04 Å². The number of hydrogen-bond acceptors (Lipinski definition) is 4. The Bertz CT molecular complexity index is 678. The molecule has 3 aromatic rings. The summed E-state index contributed by atoms with van der Waals surface area (Å²) >= 11 is 1.69. The second-order valence-electron chi connectivity index (χ2n) is 4.25. The molecule has 1 N–H and O–H groups in total. The normalized spacial score (nSPS) is 12.7. The zero-order valence-corrected chi connectivity index (χ0v) is 11.2. The van der Waals surface area contributed by atoms with Crippen molar-refractivity contribution in [2.24, 2.45) is 0 Å². The van der Waals surface area contributed by atoms with Crippen molar-refractivity contribution in [3.05, 3.63) is 46.4 Å². The van der Waals surface area contributed by atoms with Crippen LogP contribution in [0.2, 0.25) is 0 Å². The third kappa shape index (κ3) is 2.46. The molecule has 3 rings (SSSR count). The van der Waals surface area contributed by atoms with E-state index in [1.54, 1.807) is 17.4 Å². The van der Waals surface area contributed by atoms with Gasteiger partial charge in [-0.3, -0.25) is 0 Å². The Morgan fingerprint density at radius 3 is 3.05 bits per heavy atom. The van der Waals surface area contributed by atoms with E-state index < -0.39 is 0 Å². The summed E-state index contributed by atoms with van der Waals surface area (Å²) in [6.45, 7) is 2.10. The van der Waals surface area contributed by atoms with Crippen LogP contribution in [0.5, 0.6) is 0 Å². The maximum Gasteiger partial charge on any atom is 0.296 e. The fourth-order valence-corrected chi connectivity index (χ4v) is 2.84. The van der Waals surface area contributed by atoms with E-state index in [4.69, 9.17) is 4.42 Å². The number of oxazole rings is 1. The quantitative estimate of drug-likeness (QED) is 0.757. The maximum absolute atomic E-state index is 13.1. The van der Waals surface area contributed by atoms with Crippen molar-refractivity contribution in [1.82, 2.24) is 4.98 Å². The minimum absolute atomic E-state index is 0.165. The first-order valence-corrected chi connectivity index (χ1v) is 7.00. The van der Waals surface area contributed by atoms with Gasteiger partial charge < -0.3 is 9.73 Å². The van der Waals surface area contributed by atoms with Gasteiger partial charge in [0.2, 0.25) is 0 Å². The van der Waals surface area contributed by atoms with E-state index in [1.807, 2.05) is 11.4 Å². The number of hydrogen-bond donors (Lipinski definition) is 1. The standard InChI is InChI=1S/C14H13FN2OS/c1-2-10(13-4-3-7-19-13)16-14-17-11-8-9(15)5-6-12(11)18-14/h3-8,10H,2H2,1H3,(H,16,17). The Hall–Kier alpha value is -1.88. The van der Waals surface area contributed by atoms with E-state index in [0.29, 0.717) is 17.1 Å². The van der Waals surface area contributed by atoms with Gasteiger partial charge in [0.1, 0.15) is 11.3 Å². The minimum Gasteiger partial charge on any atom is -0.424 e. The van der Waals surface area contributed by atoms with Gasteiger partial charge in [-0.1, -0.05) is 13.0 Å². The molecule has 0 fully saturated rings. The van der Waals surface area contributed by atoms with Gasteiger partial charge in [-0.25, -0.2) is 4.39 Å². The van der Waals surface area contributed by atoms with Crippen LogP contribution in [-0.4, -0.2) is 4.98 Å². The lowest BCUT2D eigenvalue weighted by Gasteiger charge is -2.13. The fraction of sp³-hybridized carbons (Fsp3) is 0.214. The molecule has 1 unspecified atom stereocenters. The molecule has 0 spiro atoms. The Morgan fingerprint density at radius 2 is 2.32 bits per heavy atom. The molecule has 0 aliphatic rings. The number of nitrogens with one attached hydrogen (secondary N) is 1. The summed E-state index contributed by atoms with van der Waals surface area (Å²) in [4.78, 5) is 5.49. The SMILES string of the molecule is CCC(Nc1nc2cc(F)ccc2o1)c1cccs1. The largest absolute Gasteiger partial charge is 0.424 e. The monoisotopic (exact) mass is 276 g/mol. The molecule has 0 saturated heterocycles. The van der Waals surface area contributed by atoms with Crippen LogP contribution >= 0.6 is 11.3 Å². The Balaban J connectivity index is 1.88. The highest BCUT2D eigenvalue weighted by Gasteiger charge is 2.14. The van der Waals surface area contributed by atoms with E-state index in [9.17, 15) is 4.39 Å². The van der Waals surface area contributed by atoms with Gasteiger partial charge in [-0.15, -0.1) is 11.3 Å². The molecule has 0 aliphatic carbocycles. The molecule has 0 saturated carbocycles. The van der Waals surface area contributed by atoms with Crippen molar-refractivity contribution in [3.8, 4) is 0 Å². The number of rotatable bonds is 4. The molecule has 3 nitrogen and oxygen atoms in total. The first-order chi connectivity index (χ1) is 9.26. The number of nitrogens with zero attached hydrogens (tertiary/aromatic N) is 1. The molecule has 1 atom stereocenters. The summed E-state index contributed by atoms with van der Waals surface area (Å²) in [6.07, 6.45) is 0.924. The highest BCUT2D eigenvalue weighted by molar-refractivity contribution is 7.10. The molecular weight excluding hydrogens is 263 g/mol. The zero-order valence-electron chi connectivity index (χ0n) is 10.4. The summed E-state index contributed by atoms with van der Waals surface area (Å²) in [5.41, 5.74) is 1.12. The number of aromatic nitrogens is 1. The fourth-order valence-electron chi connectivity index (χ4n) is 1.98. The summed E-state index contributed by atoms with van der Waals surface area (Å²) < 4.78 is 18.7. The average Bonchev–Trinajstić information content (AvgIpc) is 3.04. The first-order valence-electron chi connectivity index (χ1n) is 6.12. The highest BCUT2D eigenvalue weighted by Crippen LogP contribution is 2.27. The van der Waals surface area contributed by atoms with Gasteiger partial charge in [-0.2, -0.15) is 4.98 Å². The highest BCUT2D eigenvalue weighted by atomic mass is 32.1. The molecule has 19 heavy (non-hydrogen) atoms. The third-order valence-corrected chi connectivity index (χ3v) is 3.93. The first kappa shape index (κ1) is 12.2. The molecule has 2 heterocycles. The van der Waals surface area contributed by atoms with Crippen LogP contribution in [0.3, 0.4) is 0 Å². The summed E-state index contributed by atoms with van der Waals surface area (Å²) in [6, 6.07) is 9.03. The van der Waals surface area contributed by atoms with Crippen molar-refractivity contribution in [1.29, 1.82) is 0 Å². The van der Waals surface area contributed by atoms with E-state index >= 15 is 0 Å². The molecule has 98 valence electrons. The average molecular weight is 276 g/mol. The van der Waals surface area contributed by atoms with Gasteiger partial charge in [0, 0.05) is 10.9 Å². The molecule has 1 aromatic carbocycles. The van der Waals surface area contributed by atoms with Gasteiger partial charge >= 0.3 is 0 Å². The number of halogens is 1. The van der Waals surface area contributed by atoms with Crippen LogP contribution in [0.15, 0.2) is 40.1 Å². The van der Waals surface area contributed by atoms with Crippen LogP contribution in [0.25, 0.3) is 11.1 Å². The van der Waals surface area contributed by atoms with Gasteiger partial charge in [0.25, 0.3) is 6.01 Å². The van der Waals surface area contributed by atoms with Crippen molar-refractivity contribution < 1.29 is 8.81 Å². The summed E-state index contributed by atoms with van der Waals surface area (Å²) in [5, 5.41) is 5.29. The maximum atomic E-state index is 13.1. The van der Waals surface area contributed by atoms with E-state index in [-0.39, 0.29) is 11.9 Å². The van der Waals surface area contributed by atoms with Crippen molar-refractivity contribution in [2.45, 2.75) is 19.4 Å². The lowest BCUT2D eigenvalue weighted by Crippen LogP contribution is -2.08. The number of thiophene rings is 1. The van der Waals surface area contributed by atoms with E-state index in [0.717, 1.165) is 6.42 Å². The van der Waals surface area contributed by atoms with Crippen molar-refractivity contribution in [2.75, 3.05) is 5.32 Å². The second-order valence-corrected chi connectivity index (χ2v) is 5.23. The Kier molecular flexibility index (Phi) is 3.21. The van der Waals surface area contributed by atoms with Crippen LogP contribution in [0.4, 0.5) is 10.4 Å². The molecular formula is C14H13FN2OS. The van der Waals surface area contributed by atoms with Crippen LogP contribution < -0.4 is 5.32 Å². The lowest BCUT2D eigenvalue weighted by molar-refractivity contribution is 0.593. The zero-order chi connectivity index (χ0) is 13.2. The van der Waals surface area contributed by atoms with Crippen LogP contribution in [-0.2, 0) is 0 Å². The number of anilines is 1. The summed E-state index contributed by atoms with van der Waals surface area (Å²) in [5.74, 6) is -0.308. The predicted octanol–water partition coefficient (Wildman–Crippen LogP) is 4.59. The number of benzene rings is 1. The topological polar surface area (TPSA) is 38.1 Å². The van der Waals surface area contributed by atoms with Gasteiger partial charge in [-0.05, 0) is 30.0 Å². The molecule has 5 heteroatoms. The van der Waals surface area contributed by atoms with Crippen LogP contribution in [0.1, 0.15) is 24.3 Å². The molecule has 2 aromatic heterocycles. The van der Waals surface area contributed by atoms with E-state index in [1.165, 1.54) is 17.0 Å². The number of fused-ring (bicyclic) bond motifs is 1. The third-order valence-electron chi connectivity index (χ3n) is 2.94. The van der Waals surface area contributed by atoms with Crippen molar-refractivity contribution in [3.63, 3.8) is 0 Å². The van der Waals surface area contributed by atoms with E-state index in [2.05, 4.69) is 23.3 Å². The Morgan fingerprint density at radius 1 is 1.42 bits per heavy atom.